The second kappa shape index (κ2) is 11.5. The second-order valence-corrected chi connectivity index (χ2v) is 7.99. The van der Waals surface area contributed by atoms with E-state index in [9.17, 15) is 29.4 Å². The fraction of sp³-hybridized carbons (Fsp3) is 0.185. The smallest absolute Gasteiger partial charge is 0.338 e. The molecule has 3 aromatic rings. The van der Waals surface area contributed by atoms with Gasteiger partial charge in [-0.15, -0.1) is 0 Å². The SMILES string of the molecule is O=C(O[C@@H]1[C@@H](OC(=O)c2ccccc2)[C@H](O)O[C@H](C(=O)O)[C@@H]1OC(=O)c1ccccc1)c1ccccc1. The minimum atomic E-state index is -2.02. The van der Waals surface area contributed by atoms with E-state index in [1.165, 1.54) is 36.4 Å². The number of benzene rings is 3. The van der Waals surface area contributed by atoms with Gasteiger partial charge in [-0.1, -0.05) is 54.6 Å². The number of aliphatic hydroxyl groups excluding tert-OH is 1. The predicted molar refractivity (Wildman–Crippen MR) is 125 cm³/mol. The predicted octanol–water partition coefficient (Wildman–Crippen LogP) is 2.46. The van der Waals surface area contributed by atoms with E-state index in [4.69, 9.17) is 18.9 Å². The number of carboxylic acid groups (broad SMARTS) is 1. The zero-order valence-electron chi connectivity index (χ0n) is 19.2. The van der Waals surface area contributed by atoms with E-state index < -0.39 is 54.6 Å². The number of carboxylic acids is 1. The van der Waals surface area contributed by atoms with E-state index >= 15 is 0 Å². The van der Waals surface area contributed by atoms with Gasteiger partial charge in [-0.3, -0.25) is 0 Å². The van der Waals surface area contributed by atoms with Gasteiger partial charge in [0.2, 0.25) is 0 Å². The van der Waals surface area contributed by atoms with Crippen LogP contribution in [0.25, 0.3) is 0 Å². The van der Waals surface area contributed by atoms with Crippen LogP contribution < -0.4 is 0 Å². The molecule has 0 spiro atoms. The molecule has 0 bridgehead atoms. The van der Waals surface area contributed by atoms with Crippen molar-refractivity contribution in [3.05, 3.63) is 108 Å². The normalized spacial score (nSPS) is 22.9. The Labute approximate surface area is 211 Å². The molecular formula is C27H22O10. The Balaban J connectivity index is 1.69. The highest BCUT2D eigenvalue weighted by Crippen LogP contribution is 2.30. The standard InChI is InChI=1S/C27H22O10/c28-23(29)21-19(34-24(30)16-10-4-1-5-11-16)20(35-25(31)17-12-6-2-7-13-17)22(27(33)36-21)37-26(32)18-14-8-3-9-15-18/h1-15,19-22,27,33H,(H,28,29)/t19-,20+,21+,22-,27-/m1/s1. The van der Waals surface area contributed by atoms with Crippen LogP contribution in [-0.2, 0) is 23.7 Å². The Morgan fingerprint density at radius 1 is 0.568 bits per heavy atom. The van der Waals surface area contributed by atoms with E-state index in [1.807, 2.05) is 0 Å². The minimum absolute atomic E-state index is 0.0868. The summed E-state index contributed by atoms with van der Waals surface area (Å²) < 4.78 is 21.6. The third-order valence-corrected chi connectivity index (χ3v) is 5.51. The van der Waals surface area contributed by atoms with Crippen LogP contribution in [0, 0.1) is 0 Å². The number of aliphatic carboxylic acids is 1. The number of rotatable bonds is 7. The van der Waals surface area contributed by atoms with Crippen molar-refractivity contribution in [3.63, 3.8) is 0 Å². The summed E-state index contributed by atoms with van der Waals surface area (Å²) >= 11 is 0. The monoisotopic (exact) mass is 506 g/mol. The number of aliphatic hydroxyl groups is 1. The van der Waals surface area contributed by atoms with Gasteiger partial charge >= 0.3 is 23.9 Å². The first-order chi connectivity index (χ1) is 17.8. The van der Waals surface area contributed by atoms with Gasteiger partial charge in [-0.05, 0) is 36.4 Å². The maximum atomic E-state index is 12.9. The lowest BCUT2D eigenvalue weighted by molar-refractivity contribution is -0.277. The van der Waals surface area contributed by atoms with Gasteiger partial charge in [-0.2, -0.15) is 0 Å². The van der Waals surface area contributed by atoms with Crippen LogP contribution in [0.1, 0.15) is 31.1 Å². The molecule has 10 nitrogen and oxygen atoms in total. The zero-order valence-corrected chi connectivity index (χ0v) is 19.2. The van der Waals surface area contributed by atoms with Gasteiger partial charge in [0.15, 0.2) is 30.7 Å². The summed E-state index contributed by atoms with van der Waals surface area (Å²) in [6.07, 6.45) is -9.21. The van der Waals surface area contributed by atoms with Gasteiger partial charge in [0.05, 0.1) is 16.7 Å². The highest BCUT2D eigenvalue weighted by atomic mass is 16.7. The molecule has 0 unspecified atom stereocenters. The molecule has 10 heteroatoms. The van der Waals surface area contributed by atoms with Gasteiger partial charge in [0.25, 0.3) is 0 Å². The van der Waals surface area contributed by atoms with Crippen molar-refractivity contribution >= 4 is 23.9 Å². The van der Waals surface area contributed by atoms with Crippen LogP contribution in [-0.4, -0.2) is 64.8 Å². The summed E-state index contributed by atoms with van der Waals surface area (Å²) in [5, 5.41) is 20.4. The number of carbonyl (C=O) groups is 4. The molecule has 4 rings (SSSR count). The van der Waals surface area contributed by atoms with Crippen LogP contribution in [0.3, 0.4) is 0 Å². The zero-order chi connectivity index (χ0) is 26.4. The van der Waals surface area contributed by atoms with E-state index in [1.54, 1.807) is 54.6 Å². The van der Waals surface area contributed by atoms with Crippen LogP contribution in [0.15, 0.2) is 91.0 Å². The number of hydrogen-bond acceptors (Lipinski definition) is 9. The van der Waals surface area contributed by atoms with Gasteiger partial charge < -0.3 is 29.2 Å². The Kier molecular flexibility index (Phi) is 7.92. The molecule has 5 atom stereocenters. The van der Waals surface area contributed by atoms with Crippen LogP contribution >= 0.6 is 0 Å². The maximum absolute atomic E-state index is 12.9. The van der Waals surface area contributed by atoms with Gasteiger partial charge in [-0.25, -0.2) is 19.2 Å². The Morgan fingerprint density at radius 3 is 1.30 bits per heavy atom. The molecule has 2 N–H and O–H groups in total. The largest absolute Gasteiger partial charge is 0.479 e. The molecule has 190 valence electrons. The summed E-state index contributed by atoms with van der Waals surface area (Å²) in [5.41, 5.74) is 0.293. The summed E-state index contributed by atoms with van der Waals surface area (Å²) in [6, 6.07) is 23.2. The summed E-state index contributed by atoms with van der Waals surface area (Å²) in [5.74, 6) is -4.37. The molecular weight excluding hydrogens is 484 g/mol. The Morgan fingerprint density at radius 2 is 0.919 bits per heavy atom. The molecule has 0 saturated carbocycles. The topological polar surface area (TPSA) is 146 Å². The maximum Gasteiger partial charge on any atom is 0.338 e. The van der Waals surface area contributed by atoms with Crippen molar-refractivity contribution in [2.45, 2.75) is 30.7 Å². The van der Waals surface area contributed by atoms with E-state index in [-0.39, 0.29) is 16.7 Å². The third-order valence-electron chi connectivity index (χ3n) is 5.51. The summed E-state index contributed by atoms with van der Waals surface area (Å²) in [7, 11) is 0. The lowest BCUT2D eigenvalue weighted by atomic mass is 9.97. The summed E-state index contributed by atoms with van der Waals surface area (Å²) in [4.78, 5) is 50.5. The molecule has 0 aromatic heterocycles. The molecule has 1 aliphatic heterocycles. The van der Waals surface area contributed by atoms with Crippen LogP contribution in [0.4, 0.5) is 0 Å². The number of hydrogen-bond donors (Lipinski definition) is 2. The van der Waals surface area contributed by atoms with Crippen molar-refractivity contribution in [2.75, 3.05) is 0 Å². The van der Waals surface area contributed by atoms with Gasteiger partial charge in [0.1, 0.15) is 0 Å². The number of carbonyl (C=O) groups excluding carboxylic acids is 3. The average molecular weight is 506 g/mol. The first-order valence-corrected chi connectivity index (χ1v) is 11.2. The molecule has 3 aromatic carbocycles. The highest BCUT2D eigenvalue weighted by Gasteiger charge is 2.54. The van der Waals surface area contributed by atoms with Crippen molar-refractivity contribution in [1.82, 2.24) is 0 Å². The van der Waals surface area contributed by atoms with E-state index in [0.717, 1.165) is 0 Å². The van der Waals surface area contributed by atoms with Crippen LogP contribution in [0.5, 0.6) is 0 Å². The quantitative estimate of drug-likeness (QED) is 0.362. The highest BCUT2D eigenvalue weighted by molar-refractivity contribution is 5.91. The fourth-order valence-corrected chi connectivity index (χ4v) is 3.71. The molecule has 37 heavy (non-hydrogen) atoms. The van der Waals surface area contributed by atoms with Crippen molar-refractivity contribution < 1.29 is 48.3 Å². The van der Waals surface area contributed by atoms with Crippen molar-refractivity contribution in [1.29, 1.82) is 0 Å². The van der Waals surface area contributed by atoms with Crippen molar-refractivity contribution in [3.8, 4) is 0 Å². The van der Waals surface area contributed by atoms with Crippen LogP contribution in [0.2, 0.25) is 0 Å². The molecule has 0 radical (unpaired) electrons. The molecule has 1 heterocycles. The van der Waals surface area contributed by atoms with Crippen molar-refractivity contribution in [2.24, 2.45) is 0 Å². The molecule has 1 aliphatic rings. The first kappa shape index (κ1) is 25.5. The lowest BCUT2D eigenvalue weighted by Gasteiger charge is -2.41. The van der Waals surface area contributed by atoms with E-state index in [0.29, 0.717) is 0 Å². The molecule has 1 saturated heterocycles. The molecule has 1 fully saturated rings. The minimum Gasteiger partial charge on any atom is -0.479 e. The molecule has 0 aliphatic carbocycles. The lowest BCUT2D eigenvalue weighted by Crippen LogP contribution is -2.63. The second-order valence-electron chi connectivity index (χ2n) is 7.99. The molecule has 0 amide bonds. The number of ether oxygens (including phenoxy) is 4. The third kappa shape index (κ3) is 6.00. The van der Waals surface area contributed by atoms with E-state index in [2.05, 4.69) is 0 Å². The summed E-state index contributed by atoms with van der Waals surface area (Å²) in [6.45, 7) is 0. The first-order valence-electron chi connectivity index (χ1n) is 11.2. The Bertz CT molecular complexity index is 1250. The number of esters is 3. The Hall–Kier alpha value is -4.54. The average Bonchev–Trinajstić information content (AvgIpc) is 2.93. The fourth-order valence-electron chi connectivity index (χ4n) is 3.71. The van der Waals surface area contributed by atoms with Gasteiger partial charge in [0, 0.05) is 0 Å².